The summed E-state index contributed by atoms with van der Waals surface area (Å²) in [5.41, 5.74) is 3.29. The van der Waals surface area contributed by atoms with Crippen LogP contribution in [0.3, 0.4) is 0 Å². The monoisotopic (exact) mass is 422 g/mol. The van der Waals surface area contributed by atoms with Crippen molar-refractivity contribution in [1.29, 1.82) is 0 Å². The van der Waals surface area contributed by atoms with Crippen LogP contribution in [0.1, 0.15) is 65.6 Å². The Balaban J connectivity index is 1.56. The molecule has 1 N–H and O–H groups in total. The number of methoxy groups -OCH3 is 1. The van der Waals surface area contributed by atoms with Gasteiger partial charge in [-0.2, -0.15) is 0 Å². The van der Waals surface area contributed by atoms with Gasteiger partial charge in [0.05, 0.1) is 28.8 Å². The number of rotatable bonds is 5. The molecule has 4 aliphatic carbocycles. The molecule has 0 spiro atoms. The summed E-state index contributed by atoms with van der Waals surface area (Å²) in [5, 5.41) is 9.15. The number of hydrogen-bond donors (Lipinski definition) is 1. The van der Waals surface area contributed by atoms with Crippen molar-refractivity contribution >= 4 is 22.1 Å². The summed E-state index contributed by atoms with van der Waals surface area (Å²) in [5.74, 6) is 2.44. The summed E-state index contributed by atoms with van der Waals surface area (Å²) >= 11 is 0.468. The largest absolute Gasteiger partial charge is 0.496 e. The Kier molecular flexibility index (Phi) is 4.81. The quantitative estimate of drug-likeness (QED) is 0.563. The van der Waals surface area contributed by atoms with E-state index in [1.165, 1.54) is 44.1 Å². The Labute approximate surface area is 180 Å². The number of benzene rings is 2. The van der Waals surface area contributed by atoms with Crippen LogP contribution in [0, 0.1) is 17.8 Å². The summed E-state index contributed by atoms with van der Waals surface area (Å²) in [7, 11) is 1.73. The number of ether oxygens (including phenoxy) is 1. The van der Waals surface area contributed by atoms with E-state index in [1.54, 1.807) is 31.4 Å². The molecular weight excluding hydrogens is 396 g/mol. The van der Waals surface area contributed by atoms with Crippen LogP contribution >= 0.6 is 0 Å². The lowest BCUT2D eigenvalue weighted by molar-refractivity contribution is -0.00616. The fourth-order valence-corrected chi connectivity index (χ4v) is 7.19. The average Bonchev–Trinajstić information content (AvgIpc) is 2.73. The average molecular weight is 423 g/mol. The number of aromatic carboxylic acids is 1. The van der Waals surface area contributed by atoms with E-state index in [-0.39, 0.29) is 11.0 Å². The Morgan fingerprint density at radius 1 is 0.933 bits per heavy atom. The van der Waals surface area contributed by atoms with Gasteiger partial charge in [0.1, 0.15) is 5.75 Å². The van der Waals surface area contributed by atoms with E-state index < -0.39 is 5.97 Å². The van der Waals surface area contributed by atoms with Crippen LogP contribution in [0.5, 0.6) is 5.75 Å². The Hall–Kier alpha value is -2.40. The first kappa shape index (κ1) is 19.6. The fourth-order valence-electron chi connectivity index (χ4n) is 6.73. The molecule has 6 rings (SSSR count). The van der Waals surface area contributed by atoms with Gasteiger partial charge in [-0.05, 0) is 103 Å². The smallest absolute Gasteiger partial charge is 0.335 e. The van der Waals surface area contributed by atoms with Gasteiger partial charge in [-0.15, -0.1) is 0 Å². The van der Waals surface area contributed by atoms with E-state index in [0.29, 0.717) is 16.1 Å². The van der Waals surface area contributed by atoms with Crippen LogP contribution < -0.4 is 4.74 Å². The van der Waals surface area contributed by atoms with Crippen molar-refractivity contribution in [3.05, 3.63) is 64.7 Å². The minimum absolute atomic E-state index is 0.169. The third-order valence-corrected chi connectivity index (χ3v) is 8.19. The van der Waals surface area contributed by atoms with Gasteiger partial charge in [-0.3, -0.25) is 0 Å². The standard InChI is InChI=1S/C25H26O4S/c1-29-22-7-6-20(23(30-28)18-2-4-19(5-3-18)24(26)27)11-21(22)25-12-15-8-16(13-25)10-17(9-15)14-25/h2-7,11,15-17H,8-10,12-14H2,1H3,(H,26,27). The zero-order valence-electron chi connectivity index (χ0n) is 17.1. The van der Waals surface area contributed by atoms with Crippen LogP contribution in [0.15, 0.2) is 42.5 Å². The van der Waals surface area contributed by atoms with Crippen molar-refractivity contribution in [2.45, 2.75) is 43.9 Å². The molecule has 0 aromatic heterocycles. The van der Waals surface area contributed by atoms with Crippen LogP contribution in [0.25, 0.3) is 0 Å². The maximum atomic E-state index is 12.1. The van der Waals surface area contributed by atoms with Gasteiger partial charge >= 0.3 is 5.97 Å². The third kappa shape index (κ3) is 3.20. The van der Waals surface area contributed by atoms with Crippen LogP contribution in [-0.4, -0.2) is 27.3 Å². The first-order valence-corrected chi connectivity index (χ1v) is 11.4. The predicted octanol–water partition coefficient (Wildman–Crippen LogP) is 4.64. The zero-order chi connectivity index (χ0) is 20.9. The molecule has 2 aromatic carbocycles. The molecule has 0 aliphatic heterocycles. The van der Waals surface area contributed by atoms with Crippen molar-refractivity contribution in [3.8, 4) is 5.75 Å². The molecule has 2 aromatic rings. The van der Waals surface area contributed by atoms with E-state index in [2.05, 4.69) is 6.07 Å². The minimum Gasteiger partial charge on any atom is -0.496 e. The van der Waals surface area contributed by atoms with E-state index in [0.717, 1.165) is 34.6 Å². The van der Waals surface area contributed by atoms with Gasteiger partial charge in [0.15, 0.2) is 0 Å². The van der Waals surface area contributed by atoms with Crippen LogP contribution in [0.4, 0.5) is 0 Å². The summed E-state index contributed by atoms with van der Waals surface area (Å²) in [4.78, 5) is 11.8. The molecule has 5 heteroatoms. The molecule has 0 amide bonds. The molecule has 0 heterocycles. The van der Waals surface area contributed by atoms with Crippen LogP contribution in [-0.2, 0) is 16.7 Å². The Bertz CT molecular complexity index is 1010. The highest BCUT2D eigenvalue weighted by Gasteiger charge is 2.52. The number of carboxylic acid groups (broad SMARTS) is 1. The SMILES string of the molecule is COc1ccc(C(=S=O)c2ccc(C(=O)O)cc2)cc1C12CC3CC(CC(C3)C1)C2. The first-order chi connectivity index (χ1) is 14.5. The van der Waals surface area contributed by atoms with Crippen molar-refractivity contribution in [2.24, 2.45) is 17.8 Å². The van der Waals surface area contributed by atoms with Gasteiger partial charge in [-0.25, -0.2) is 9.00 Å². The molecule has 0 radical (unpaired) electrons. The molecule has 30 heavy (non-hydrogen) atoms. The molecule has 0 atom stereocenters. The first-order valence-electron chi connectivity index (χ1n) is 10.7. The normalized spacial score (nSPS) is 28.9. The summed E-state index contributed by atoms with van der Waals surface area (Å²) < 4.78 is 17.9. The number of carboxylic acids is 1. The Morgan fingerprint density at radius 2 is 1.47 bits per heavy atom. The van der Waals surface area contributed by atoms with E-state index >= 15 is 0 Å². The molecule has 4 saturated carbocycles. The molecule has 4 nitrogen and oxygen atoms in total. The Morgan fingerprint density at radius 3 is 1.97 bits per heavy atom. The van der Waals surface area contributed by atoms with Crippen molar-refractivity contribution in [1.82, 2.24) is 0 Å². The maximum Gasteiger partial charge on any atom is 0.335 e. The summed E-state index contributed by atoms with van der Waals surface area (Å²) in [6.07, 6.45) is 7.82. The molecule has 4 aliphatic rings. The van der Waals surface area contributed by atoms with E-state index in [9.17, 15) is 9.00 Å². The zero-order valence-corrected chi connectivity index (χ0v) is 17.9. The van der Waals surface area contributed by atoms with Gasteiger partial charge < -0.3 is 9.84 Å². The second-order valence-corrected chi connectivity index (χ2v) is 9.98. The lowest BCUT2D eigenvalue weighted by atomic mass is 9.48. The van der Waals surface area contributed by atoms with Crippen molar-refractivity contribution in [2.75, 3.05) is 7.11 Å². The molecule has 0 saturated heterocycles. The van der Waals surface area contributed by atoms with E-state index in [4.69, 9.17) is 9.84 Å². The lowest BCUT2D eigenvalue weighted by Gasteiger charge is -2.57. The van der Waals surface area contributed by atoms with Crippen LogP contribution in [0.2, 0.25) is 0 Å². The fraction of sp³-hybridized carbons (Fsp3) is 0.440. The molecule has 0 unspecified atom stereocenters. The van der Waals surface area contributed by atoms with Crippen molar-refractivity contribution in [3.63, 3.8) is 0 Å². The summed E-state index contributed by atoms with van der Waals surface area (Å²) in [6, 6.07) is 12.7. The summed E-state index contributed by atoms with van der Waals surface area (Å²) in [6.45, 7) is 0. The minimum atomic E-state index is -0.966. The van der Waals surface area contributed by atoms with Gasteiger partial charge in [0.2, 0.25) is 0 Å². The number of carbonyl (C=O) groups is 1. The maximum absolute atomic E-state index is 12.1. The third-order valence-electron chi connectivity index (χ3n) is 7.55. The highest BCUT2D eigenvalue weighted by molar-refractivity contribution is 7.67. The highest BCUT2D eigenvalue weighted by atomic mass is 32.1. The van der Waals surface area contributed by atoms with Gasteiger partial charge in [0.25, 0.3) is 0 Å². The second-order valence-electron chi connectivity index (χ2n) is 9.41. The molecule has 4 fully saturated rings. The van der Waals surface area contributed by atoms with Gasteiger partial charge in [0, 0.05) is 5.56 Å². The second kappa shape index (κ2) is 7.38. The lowest BCUT2D eigenvalue weighted by Crippen LogP contribution is -2.48. The van der Waals surface area contributed by atoms with E-state index in [1.807, 2.05) is 12.1 Å². The molecular formula is C25H26O4S. The number of hydrogen-bond acceptors (Lipinski definition) is 3. The predicted molar refractivity (Wildman–Crippen MR) is 118 cm³/mol. The van der Waals surface area contributed by atoms with Crippen molar-refractivity contribution < 1.29 is 18.8 Å². The highest BCUT2D eigenvalue weighted by Crippen LogP contribution is 2.61. The molecule has 156 valence electrons. The molecule has 4 bridgehead atoms. The van der Waals surface area contributed by atoms with Gasteiger partial charge in [-0.1, -0.05) is 12.1 Å². The topological polar surface area (TPSA) is 63.6 Å².